The van der Waals surface area contributed by atoms with Gasteiger partial charge in [0.2, 0.25) is 0 Å². The second-order valence-electron chi connectivity index (χ2n) is 6.37. The van der Waals surface area contributed by atoms with Gasteiger partial charge in [-0.15, -0.1) is 0 Å². The molecule has 0 radical (unpaired) electrons. The lowest BCUT2D eigenvalue weighted by Gasteiger charge is -2.23. The van der Waals surface area contributed by atoms with Crippen LogP contribution in [0.2, 0.25) is 0 Å². The molecule has 0 bridgehead atoms. The Labute approximate surface area is 133 Å². The molecule has 0 atom stereocenters. The highest BCUT2D eigenvalue weighted by Crippen LogP contribution is 2.26. The predicted octanol–water partition coefficient (Wildman–Crippen LogP) is 4.61. The molecule has 1 fully saturated rings. The number of benzene rings is 2. The lowest BCUT2D eigenvalue weighted by molar-refractivity contribution is 0.162. The molecule has 0 unspecified atom stereocenters. The highest BCUT2D eigenvalue weighted by molar-refractivity contribution is 5.65. The highest BCUT2D eigenvalue weighted by Gasteiger charge is 2.14. The first-order valence-electron chi connectivity index (χ1n) is 8.30. The van der Waals surface area contributed by atoms with Gasteiger partial charge in [0.15, 0.2) is 0 Å². The molecule has 116 valence electrons. The zero-order chi connectivity index (χ0) is 15.4. The van der Waals surface area contributed by atoms with Crippen LogP contribution in [0.1, 0.15) is 38.2 Å². The first-order chi connectivity index (χ1) is 10.7. The molecule has 3 rings (SSSR count). The largest absolute Gasteiger partial charge is 0.490 e. The van der Waals surface area contributed by atoms with Gasteiger partial charge in [0.1, 0.15) is 11.9 Å². The summed E-state index contributed by atoms with van der Waals surface area (Å²) in [7, 11) is 0. The summed E-state index contributed by atoms with van der Waals surface area (Å²) in [5, 5.41) is 3.37. The van der Waals surface area contributed by atoms with Gasteiger partial charge in [0, 0.05) is 0 Å². The van der Waals surface area contributed by atoms with Crippen LogP contribution < -0.4 is 10.1 Å². The summed E-state index contributed by atoms with van der Waals surface area (Å²) in [6.45, 7) is 6.58. The number of ether oxygens (including phenoxy) is 1. The molecule has 1 N–H and O–H groups in total. The highest BCUT2D eigenvalue weighted by atomic mass is 16.5. The molecule has 2 aromatic rings. The molecule has 1 saturated heterocycles. The van der Waals surface area contributed by atoms with Crippen LogP contribution in [0.4, 0.5) is 0 Å². The minimum atomic E-state index is 0.358. The van der Waals surface area contributed by atoms with Crippen LogP contribution in [0, 0.1) is 0 Å². The van der Waals surface area contributed by atoms with Gasteiger partial charge in [-0.05, 0) is 60.7 Å². The zero-order valence-corrected chi connectivity index (χ0v) is 13.5. The van der Waals surface area contributed by atoms with Crippen LogP contribution in [0.15, 0.2) is 48.5 Å². The Kier molecular flexibility index (Phi) is 4.79. The first-order valence-corrected chi connectivity index (χ1v) is 8.30. The fourth-order valence-corrected chi connectivity index (χ4v) is 2.91. The minimum Gasteiger partial charge on any atom is -0.490 e. The fourth-order valence-electron chi connectivity index (χ4n) is 2.91. The third-order valence-electron chi connectivity index (χ3n) is 4.33. The number of hydrogen-bond acceptors (Lipinski definition) is 2. The average Bonchev–Trinajstić information content (AvgIpc) is 2.56. The molecule has 0 aliphatic carbocycles. The molecule has 0 saturated carbocycles. The summed E-state index contributed by atoms with van der Waals surface area (Å²) in [4.78, 5) is 0. The van der Waals surface area contributed by atoms with Crippen LogP contribution in [0.5, 0.6) is 5.75 Å². The Morgan fingerprint density at radius 3 is 2.36 bits per heavy atom. The Hall–Kier alpha value is -1.80. The van der Waals surface area contributed by atoms with E-state index in [9.17, 15) is 0 Å². The molecule has 1 aliphatic heterocycles. The molecule has 1 aliphatic rings. The Morgan fingerprint density at radius 2 is 1.68 bits per heavy atom. The Bertz CT molecular complexity index is 597. The van der Waals surface area contributed by atoms with Gasteiger partial charge < -0.3 is 10.1 Å². The van der Waals surface area contributed by atoms with E-state index in [0.717, 1.165) is 31.7 Å². The van der Waals surface area contributed by atoms with E-state index in [2.05, 4.69) is 67.7 Å². The number of hydrogen-bond donors (Lipinski definition) is 1. The molecule has 0 spiro atoms. The van der Waals surface area contributed by atoms with Gasteiger partial charge in [-0.3, -0.25) is 0 Å². The van der Waals surface area contributed by atoms with Crippen LogP contribution >= 0.6 is 0 Å². The van der Waals surface area contributed by atoms with E-state index >= 15 is 0 Å². The molecule has 0 amide bonds. The SMILES string of the molecule is CC(C)c1cccc(-c2ccc(OC3CCNCC3)cc2)c1. The molecule has 2 nitrogen and oxygen atoms in total. The van der Waals surface area contributed by atoms with E-state index in [1.54, 1.807) is 0 Å². The van der Waals surface area contributed by atoms with E-state index < -0.39 is 0 Å². The quantitative estimate of drug-likeness (QED) is 0.889. The lowest BCUT2D eigenvalue weighted by Crippen LogP contribution is -2.34. The van der Waals surface area contributed by atoms with Gasteiger partial charge in [-0.1, -0.05) is 50.2 Å². The standard InChI is InChI=1S/C20H25NO/c1-15(2)17-4-3-5-18(14-17)16-6-8-19(9-7-16)22-20-10-12-21-13-11-20/h3-9,14-15,20-21H,10-13H2,1-2H3. The fraction of sp³-hybridized carbons (Fsp3) is 0.400. The average molecular weight is 295 g/mol. The maximum atomic E-state index is 6.07. The summed E-state index contributed by atoms with van der Waals surface area (Å²) < 4.78 is 6.07. The number of rotatable bonds is 4. The van der Waals surface area contributed by atoms with Crippen molar-refractivity contribution in [3.05, 3.63) is 54.1 Å². The van der Waals surface area contributed by atoms with E-state index in [-0.39, 0.29) is 0 Å². The smallest absolute Gasteiger partial charge is 0.119 e. The van der Waals surface area contributed by atoms with Crippen molar-refractivity contribution in [3.63, 3.8) is 0 Å². The van der Waals surface area contributed by atoms with Crippen molar-refractivity contribution in [2.75, 3.05) is 13.1 Å². The molecular weight excluding hydrogens is 270 g/mol. The second-order valence-corrected chi connectivity index (χ2v) is 6.37. The first kappa shape index (κ1) is 15.1. The summed E-state index contributed by atoms with van der Waals surface area (Å²) in [6.07, 6.45) is 2.55. The normalized spacial score (nSPS) is 16.0. The van der Waals surface area contributed by atoms with Crippen molar-refractivity contribution < 1.29 is 4.74 Å². The van der Waals surface area contributed by atoms with Crippen LogP contribution in [0.3, 0.4) is 0 Å². The molecular formula is C20H25NO. The molecule has 1 heterocycles. The third kappa shape index (κ3) is 3.69. The van der Waals surface area contributed by atoms with Crippen molar-refractivity contribution >= 4 is 0 Å². The van der Waals surface area contributed by atoms with Gasteiger partial charge in [-0.2, -0.15) is 0 Å². The third-order valence-corrected chi connectivity index (χ3v) is 4.33. The van der Waals surface area contributed by atoms with Crippen molar-refractivity contribution in [1.82, 2.24) is 5.32 Å². The maximum Gasteiger partial charge on any atom is 0.119 e. The van der Waals surface area contributed by atoms with Gasteiger partial charge in [-0.25, -0.2) is 0 Å². The van der Waals surface area contributed by atoms with E-state index in [4.69, 9.17) is 4.74 Å². The van der Waals surface area contributed by atoms with Crippen molar-refractivity contribution in [1.29, 1.82) is 0 Å². The lowest BCUT2D eigenvalue weighted by atomic mass is 9.97. The van der Waals surface area contributed by atoms with Crippen LogP contribution in [-0.2, 0) is 0 Å². The maximum absolute atomic E-state index is 6.07. The van der Waals surface area contributed by atoms with E-state index in [0.29, 0.717) is 12.0 Å². The van der Waals surface area contributed by atoms with Crippen molar-refractivity contribution in [3.8, 4) is 16.9 Å². The van der Waals surface area contributed by atoms with E-state index in [1.807, 2.05) is 0 Å². The molecule has 2 aromatic carbocycles. The monoisotopic (exact) mass is 295 g/mol. The zero-order valence-electron chi connectivity index (χ0n) is 13.5. The summed E-state index contributed by atoms with van der Waals surface area (Å²) in [5.41, 5.74) is 3.91. The molecule has 2 heteroatoms. The summed E-state index contributed by atoms with van der Waals surface area (Å²) in [5.74, 6) is 1.54. The van der Waals surface area contributed by atoms with Crippen molar-refractivity contribution in [2.24, 2.45) is 0 Å². The summed E-state index contributed by atoms with van der Waals surface area (Å²) in [6, 6.07) is 17.3. The van der Waals surface area contributed by atoms with Gasteiger partial charge in [0.05, 0.1) is 0 Å². The predicted molar refractivity (Wildman–Crippen MR) is 92.5 cm³/mol. The van der Waals surface area contributed by atoms with Gasteiger partial charge in [0.25, 0.3) is 0 Å². The van der Waals surface area contributed by atoms with Gasteiger partial charge >= 0.3 is 0 Å². The molecule has 0 aromatic heterocycles. The van der Waals surface area contributed by atoms with Crippen molar-refractivity contribution in [2.45, 2.75) is 38.7 Å². The topological polar surface area (TPSA) is 21.3 Å². The van der Waals surface area contributed by atoms with Crippen LogP contribution in [-0.4, -0.2) is 19.2 Å². The van der Waals surface area contributed by atoms with E-state index in [1.165, 1.54) is 16.7 Å². The molecule has 22 heavy (non-hydrogen) atoms. The van der Waals surface area contributed by atoms with Crippen LogP contribution in [0.25, 0.3) is 11.1 Å². The second kappa shape index (κ2) is 6.97. The Balaban J connectivity index is 1.72. The minimum absolute atomic E-state index is 0.358. The summed E-state index contributed by atoms with van der Waals surface area (Å²) >= 11 is 0. The number of piperidine rings is 1. The Morgan fingerprint density at radius 1 is 0.955 bits per heavy atom. The number of nitrogens with one attached hydrogen (secondary N) is 1.